The lowest BCUT2D eigenvalue weighted by Crippen LogP contribution is -2.38. The van der Waals surface area contributed by atoms with Crippen LogP contribution in [-0.4, -0.2) is 66.5 Å². The normalized spacial score (nSPS) is 11.6. The Morgan fingerprint density at radius 1 is 1.35 bits per heavy atom. The highest BCUT2D eigenvalue weighted by molar-refractivity contribution is 7.99. The molecule has 0 radical (unpaired) electrons. The molecule has 0 bridgehead atoms. The van der Waals surface area contributed by atoms with Gasteiger partial charge in [0.05, 0.1) is 18.2 Å². The first kappa shape index (κ1) is 21.9. The minimum absolute atomic E-state index is 0.193. The van der Waals surface area contributed by atoms with Crippen molar-refractivity contribution in [2.24, 2.45) is 0 Å². The molecule has 1 amide bonds. The number of aldehydes is 2. The van der Waals surface area contributed by atoms with E-state index in [-0.39, 0.29) is 24.3 Å². The van der Waals surface area contributed by atoms with Gasteiger partial charge in [0.1, 0.15) is 12.9 Å². The fraction of sp³-hybridized carbons (Fsp3) is 0.444. The van der Waals surface area contributed by atoms with Crippen LogP contribution in [0.2, 0.25) is 0 Å². The summed E-state index contributed by atoms with van der Waals surface area (Å²) in [6.07, 6.45) is 2.64. The Labute approximate surface area is 156 Å². The maximum atomic E-state index is 12.9. The number of carboxylic acids is 1. The first-order chi connectivity index (χ1) is 12.5. The van der Waals surface area contributed by atoms with Gasteiger partial charge in [-0.3, -0.25) is 9.59 Å². The second kappa shape index (κ2) is 11.4. The third kappa shape index (κ3) is 6.27. The maximum absolute atomic E-state index is 12.9. The number of thioether (sulfide) groups is 1. The van der Waals surface area contributed by atoms with Gasteiger partial charge in [0.15, 0.2) is 6.29 Å². The minimum atomic E-state index is -1.05. The topological polar surface area (TPSA) is 101 Å². The van der Waals surface area contributed by atoms with E-state index in [9.17, 15) is 19.2 Å². The van der Waals surface area contributed by atoms with Crippen LogP contribution < -0.4 is 0 Å². The molecule has 7 nitrogen and oxygen atoms in total. The van der Waals surface area contributed by atoms with Crippen LogP contribution in [-0.2, 0) is 14.3 Å². The zero-order valence-electron chi connectivity index (χ0n) is 14.8. The molecule has 0 saturated heterocycles. The summed E-state index contributed by atoms with van der Waals surface area (Å²) in [7, 11) is 1.54. The molecule has 1 unspecified atom stereocenters. The molecule has 1 N–H and O–H groups in total. The van der Waals surface area contributed by atoms with E-state index < -0.39 is 17.9 Å². The Morgan fingerprint density at radius 2 is 2.08 bits per heavy atom. The number of benzene rings is 1. The minimum Gasteiger partial charge on any atom is -0.480 e. The van der Waals surface area contributed by atoms with E-state index in [1.165, 1.54) is 16.7 Å². The van der Waals surface area contributed by atoms with Crippen molar-refractivity contribution in [1.29, 1.82) is 0 Å². The number of ether oxygens (including phenoxy) is 1. The highest BCUT2D eigenvalue weighted by atomic mass is 32.2. The Kier molecular flexibility index (Phi) is 9.61. The lowest BCUT2D eigenvalue weighted by Gasteiger charge is -2.25. The number of hydrogen-bond acceptors (Lipinski definition) is 6. The van der Waals surface area contributed by atoms with E-state index >= 15 is 0 Å². The molecule has 8 heteroatoms. The molecule has 0 aliphatic rings. The summed E-state index contributed by atoms with van der Waals surface area (Å²) in [5.41, 5.74) is 0.496. The number of carbonyl (C=O) groups excluding carboxylic acids is 3. The van der Waals surface area contributed by atoms with Crippen LogP contribution in [0.5, 0.6) is 0 Å². The van der Waals surface area contributed by atoms with E-state index in [2.05, 4.69) is 0 Å². The van der Waals surface area contributed by atoms with Crippen molar-refractivity contribution in [2.45, 2.75) is 30.7 Å². The Bertz CT molecular complexity index is 649. The summed E-state index contributed by atoms with van der Waals surface area (Å²) >= 11 is 1.29. The van der Waals surface area contributed by atoms with Crippen molar-refractivity contribution in [1.82, 2.24) is 4.90 Å². The van der Waals surface area contributed by atoms with E-state index in [1.54, 1.807) is 25.2 Å². The second-order valence-electron chi connectivity index (χ2n) is 5.54. The van der Waals surface area contributed by atoms with Crippen molar-refractivity contribution in [3.05, 3.63) is 29.3 Å². The van der Waals surface area contributed by atoms with E-state index in [0.29, 0.717) is 23.4 Å². The smallest absolute Gasteiger partial charge is 0.329 e. The molecule has 0 fully saturated rings. The molecule has 142 valence electrons. The molecule has 1 aromatic carbocycles. The number of rotatable bonds is 12. The molecule has 0 aliphatic carbocycles. The lowest BCUT2D eigenvalue weighted by atomic mass is 10.1. The lowest BCUT2D eigenvalue weighted by molar-refractivity contribution is -0.142. The van der Waals surface area contributed by atoms with Crippen LogP contribution >= 0.6 is 11.8 Å². The standard InChI is InChI=1S/C18H23NO6S/c1-3-5-14(11-21)19(2)18(24)17-13(10-20)6-4-7-15(17)26-9-8-25-12-16(22)23/h4,6-7,10-11,14H,3,5,8-9,12H2,1-2H3,(H,22,23). The zero-order chi connectivity index (χ0) is 19.5. The number of nitrogens with zero attached hydrogens (tertiary/aromatic N) is 1. The van der Waals surface area contributed by atoms with E-state index in [1.807, 2.05) is 6.92 Å². The molecular weight excluding hydrogens is 358 g/mol. The molecule has 0 aliphatic heterocycles. The monoisotopic (exact) mass is 381 g/mol. The number of aliphatic carboxylic acids is 1. The van der Waals surface area contributed by atoms with Gasteiger partial charge in [-0.1, -0.05) is 25.5 Å². The van der Waals surface area contributed by atoms with Gasteiger partial charge in [-0.15, -0.1) is 11.8 Å². The van der Waals surface area contributed by atoms with Crippen molar-refractivity contribution in [3.8, 4) is 0 Å². The molecule has 1 atom stereocenters. The summed E-state index contributed by atoms with van der Waals surface area (Å²) in [4.78, 5) is 47.9. The number of amides is 1. The van der Waals surface area contributed by atoms with Crippen molar-refractivity contribution >= 4 is 36.2 Å². The van der Waals surface area contributed by atoms with Crippen molar-refractivity contribution < 1.29 is 29.0 Å². The van der Waals surface area contributed by atoms with E-state index in [4.69, 9.17) is 9.84 Å². The van der Waals surface area contributed by atoms with Gasteiger partial charge in [0.2, 0.25) is 0 Å². The summed E-state index contributed by atoms with van der Waals surface area (Å²) in [6, 6.07) is 4.38. The largest absolute Gasteiger partial charge is 0.480 e. The summed E-state index contributed by atoms with van der Waals surface area (Å²) in [5, 5.41) is 8.55. The molecule has 1 aromatic rings. The Balaban J connectivity index is 2.96. The number of carboxylic acid groups (broad SMARTS) is 1. The number of likely N-dealkylation sites (N-methyl/N-ethyl adjacent to an activating group) is 1. The van der Waals surface area contributed by atoms with Crippen LogP contribution in [0.25, 0.3) is 0 Å². The third-order valence-electron chi connectivity index (χ3n) is 3.67. The highest BCUT2D eigenvalue weighted by Gasteiger charge is 2.24. The molecule has 0 aromatic heterocycles. The average Bonchev–Trinajstić information content (AvgIpc) is 2.64. The molecule has 26 heavy (non-hydrogen) atoms. The zero-order valence-corrected chi connectivity index (χ0v) is 15.7. The Hall–Kier alpha value is -2.19. The van der Waals surface area contributed by atoms with Gasteiger partial charge in [-0.25, -0.2) is 4.79 Å². The quantitative estimate of drug-likeness (QED) is 0.336. The molecule has 0 spiro atoms. The molecule has 0 saturated carbocycles. The van der Waals surface area contributed by atoms with Crippen LogP contribution in [0.3, 0.4) is 0 Å². The SMILES string of the molecule is CCCC(C=O)N(C)C(=O)c1c(C=O)cccc1SCCOCC(=O)O. The predicted octanol–water partition coefficient (Wildman–Crippen LogP) is 2.13. The van der Waals surface area contributed by atoms with Crippen molar-refractivity contribution in [2.75, 3.05) is 26.0 Å². The maximum Gasteiger partial charge on any atom is 0.329 e. The molecule has 1 rings (SSSR count). The van der Waals surface area contributed by atoms with Gasteiger partial charge in [0.25, 0.3) is 5.91 Å². The summed E-state index contributed by atoms with van der Waals surface area (Å²) in [5.74, 6) is -1.02. The summed E-state index contributed by atoms with van der Waals surface area (Å²) in [6.45, 7) is 1.73. The second-order valence-corrected chi connectivity index (χ2v) is 6.68. The van der Waals surface area contributed by atoms with Crippen LogP contribution in [0.1, 0.15) is 40.5 Å². The van der Waals surface area contributed by atoms with Crippen LogP contribution in [0.15, 0.2) is 23.1 Å². The van der Waals surface area contributed by atoms with Gasteiger partial charge in [0, 0.05) is 23.3 Å². The van der Waals surface area contributed by atoms with Gasteiger partial charge >= 0.3 is 5.97 Å². The van der Waals surface area contributed by atoms with Gasteiger partial charge < -0.3 is 19.5 Å². The first-order valence-corrected chi connectivity index (χ1v) is 9.17. The van der Waals surface area contributed by atoms with Crippen LogP contribution in [0.4, 0.5) is 0 Å². The van der Waals surface area contributed by atoms with Crippen LogP contribution in [0, 0.1) is 0 Å². The number of hydrogen-bond donors (Lipinski definition) is 1. The highest BCUT2D eigenvalue weighted by Crippen LogP contribution is 2.27. The van der Waals surface area contributed by atoms with E-state index in [0.717, 1.165) is 12.7 Å². The van der Waals surface area contributed by atoms with Gasteiger partial charge in [-0.2, -0.15) is 0 Å². The van der Waals surface area contributed by atoms with Gasteiger partial charge in [-0.05, 0) is 12.5 Å². The fourth-order valence-electron chi connectivity index (χ4n) is 2.34. The molecule has 0 heterocycles. The average molecular weight is 381 g/mol. The van der Waals surface area contributed by atoms with Crippen molar-refractivity contribution in [3.63, 3.8) is 0 Å². The number of carbonyl (C=O) groups is 4. The fourth-order valence-corrected chi connectivity index (χ4v) is 3.29. The Morgan fingerprint density at radius 3 is 2.65 bits per heavy atom. The predicted molar refractivity (Wildman–Crippen MR) is 97.9 cm³/mol. The molecular formula is C18H23NO6S. The summed E-state index contributed by atoms with van der Waals surface area (Å²) < 4.78 is 4.98. The third-order valence-corrected chi connectivity index (χ3v) is 4.69. The first-order valence-electron chi connectivity index (χ1n) is 8.19.